The SMILES string of the molecule is C=CCNC(=O)c1ccc(C)c(NS(=O)(=O)c2c(C)cc(C)cc2C)c1. The smallest absolute Gasteiger partial charge is 0.262 e. The van der Waals surface area contributed by atoms with E-state index in [1.165, 1.54) is 0 Å². The Hall–Kier alpha value is -2.60. The number of sulfonamides is 1. The van der Waals surface area contributed by atoms with E-state index in [-0.39, 0.29) is 10.8 Å². The molecule has 0 unspecified atom stereocenters. The number of amides is 1. The Balaban J connectivity index is 2.41. The maximum atomic E-state index is 12.9. The standard InChI is InChI=1S/C20H24N2O3S/c1-6-9-21-20(23)17-8-7-14(3)18(12-17)22-26(24,25)19-15(4)10-13(2)11-16(19)5/h6-8,10-12,22H,1,9H2,2-5H3,(H,21,23). The van der Waals surface area contributed by atoms with Gasteiger partial charge in [0.2, 0.25) is 0 Å². The maximum absolute atomic E-state index is 12.9. The van der Waals surface area contributed by atoms with E-state index in [0.29, 0.717) is 28.9 Å². The van der Waals surface area contributed by atoms with Crippen LogP contribution in [-0.2, 0) is 10.0 Å². The molecule has 0 bridgehead atoms. The molecule has 0 heterocycles. The molecule has 0 spiro atoms. The number of aryl methyl sites for hydroxylation is 4. The van der Waals surface area contributed by atoms with Crippen molar-refractivity contribution < 1.29 is 13.2 Å². The Morgan fingerprint density at radius 1 is 1.04 bits per heavy atom. The molecule has 0 aliphatic carbocycles. The van der Waals surface area contributed by atoms with Crippen molar-refractivity contribution in [3.8, 4) is 0 Å². The maximum Gasteiger partial charge on any atom is 0.262 e. The van der Waals surface area contributed by atoms with Crippen molar-refractivity contribution in [1.29, 1.82) is 0 Å². The van der Waals surface area contributed by atoms with Gasteiger partial charge in [0.25, 0.3) is 15.9 Å². The van der Waals surface area contributed by atoms with E-state index in [4.69, 9.17) is 0 Å². The number of hydrogen-bond acceptors (Lipinski definition) is 3. The molecule has 0 radical (unpaired) electrons. The van der Waals surface area contributed by atoms with Crippen LogP contribution in [0, 0.1) is 27.7 Å². The van der Waals surface area contributed by atoms with Crippen LogP contribution < -0.4 is 10.0 Å². The summed E-state index contributed by atoms with van der Waals surface area (Å²) >= 11 is 0. The molecule has 2 aromatic carbocycles. The van der Waals surface area contributed by atoms with Gasteiger partial charge in [0.05, 0.1) is 10.6 Å². The number of rotatable bonds is 6. The van der Waals surface area contributed by atoms with Crippen LogP contribution in [0.3, 0.4) is 0 Å². The summed E-state index contributed by atoms with van der Waals surface area (Å²) in [6, 6.07) is 8.61. The molecule has 26 heavy (non-hydrogen) atoms. The van der Waals surface area contributed by atoms with Gasteiger partial charge >= 0.3 is 0 Å². The van der Waals surface area contributed by atoms with Gasteiger partial charge < -0.3 is 5.32 Å². The first-order valence-corrected chi connectivity index (χ1v) is 9.74. The minimum Gasteiger partial charge on any atom is -0.349 e. The summed E-state index contributed by atoms with van der Waals surface area (Å²) in [5.74, 6) is -0.284. The van der Waals surface area contributed by atoms with Crippen LogP contribution in [0.25, 0.3) is 0 Å². The van der Waals surface area contributed by atoms with Gasteiger partial charge in [-0.25, -0.2) is 8.42 Å². The van der Waals surface area contributed by atoms with E-state index in [0.717, 1.165) is 11.1 Å². The van der Waals surface area contributed by atoms with Crippen LogP contribution >= 0.6 is 0 Å². The zero-order valence-corrected chi connectivity index (χ0v) is 16.3. The Kier molecular flexibility index (Phi) is 5.87. The van der Waals surface area contributed by atoms with Crippen LogP contribution in [0.2, 0.25) is 0 Å². The number of carbonyl (C=O) groups is 1. The molecule has 2 rings (SSSR count). The molecule has 138 valence electrons. The third-order valence-corrected chi connectivity index (χ3v) is 5.69. The normalized spacial score (nSPS) is 11.1. The lowest BCUT2D eigenvalue weighted by Crippen LogP contribution is -2.23. The van der Waals surface area contributed by atoms with Crippen molar-refractivity contribution in [3.05, 3.63) is 70.8 Å². The third-order valence-electron chi connectivity index (χ3n) is 4.02. The first kappa shape index (κ1) is 19.7. The molecule has 6 heteroatoms. The summed E-state index contributed by atoms with van der Waals surface area (Å²) < 4.78 is 28.5. The van der Waals surface area contributed by atoms with E-state index >= 15 is 0 Å². The quantitative estimate of drug-likeness (QED) is 0.760. The number of anilines is 1. The first-order valence-electron chi connectivity index (χ1n) is 8.26. The lowest BCUT2D eigenvalue weighted by Gasteiger charge is -2.16. The van der Waals surface area contributed by atoms with Gasteiger partial charge in [0, 0.05) is 12.1 Å². The average molecular weight is 372 g/mol. The molecule has 0 saturated heterocycles. The highest BCUT2D eigenvalue weighted by Crippen LogP contribution is 2.26. The average Bonchev–Trinajstić information content (AvgIpc) is 2.53. The fourth-order valence-corrected chi connectivity index (χ4v) is 4.50. The highest BCUT2D eigenvalue weighted by Gasteiger charge is 2.21. The van der Waals surface area contributed by atoms with Gasteiger partial charge in [0.1, 0.15) is 0 Å². The van der Waals surface area contributed by atoms with Crippen LogP contribution in [-0.4, -0.2) is 20.9 Å². The zero-order valence-electron chi connectivity index (χ0n) is 15.5. The summed E-state index contributed by atoms with van der Waals surface area (Å²) in [7, 11) is -3.77. The summed E-state index contributed by atoms with van der Waals surface area (Å²) in [5.41, 5.74) is 3.88. The summed E-state index contributed by atoms with van der Waals surface area (Å²) in [4.78, 5) is 12.4. The fraction of sp³-hybridized carbons (Fsp3) is 0.250. The fourth-order valence-electron chi connectivity index (χ4n) is 2.93. The summed E-state index contributed by atoms with van der Waals surface area (Å²) in [6.45, 7) is 11.2. The number of nitrogens with one attached hydrogen (secondary N) is 2. The molecule has 0 fully saturated rings. The predicted molar refractivity (Wildman–Crippen MR) is 105 cm³/mol. The largest absolute Gasteiger partial charge is 0.349 e. The summed E-state index contributed by atoms with van der Waals surface area (Å²) in [5, 5.41) is 2.68. The zero-order chi connectivity index (χ0) is 19.5. The molecule has 1 amide bonds. The van der Waals surface area contributed by atoms with Gasteiger partial charge in [-0.2, -0.15) is 0 Å². The summed E-state index contributed by atoms with van der Waals surface area (Å²) in [6.07, 6.45) is 1.58. The Bertz CT molecular complexity index is 940. The van der Waals surface area contributed by atoms with Crippen molar-refractivity contribution >= 4 is 21.6 Å². The number of carbonyl (C=O) groups excluding carboxylic acids is 1. The van der Waals surface area contributed by atoms with Crippen LogP contribution in [0.1, 0.15) is 32.6 Å². The molecule has 0 saturated carbocycles. The second-order valence-electron chi connectivity index (χ2n) is 6.36. The monoisotopic (exact) mass is 372 g/mol. The Morgan fingerprint density at radius 2 is 1.65 bits per heavy atom. The van der Waals surface area contributed by atoms with Gasteiger partial charge in [-0.1, -0.05) is 29.8 Å². The minimum atomic E-state index is -3.77. The van der Waals surface area contributed by atoms with E-state index in [9.17, 15) is 13.2 Å². The molecule has 0 aliphatic rings. The lowest BCUT2D eigenvalue weighted by atomic mass is 10.1. The van der Waals surface area contributed by atoms with Crippen LogP contribution in [0.15, 0.2) is 47.9 Å². The van der Waals surface area contributed by atoms with Crippen LogP contribution in [0.5, 0.6) is 0 Å². The second-order valence-corrected chi connectivity index (χ2v) is 7.98. The van der Waals surface area contributed by atoms with Gasteiger partial charge in [-0.15, -0.1) is 6.58 Å². The van der Waals surface area contributed by atoms with Gasteiger partial charge in [0.15, 0.2) is 0 Å². The van der Waals surface area contributed by atoms with Crippen molar-refractivity contribution in [2.24, 2.45) is 0 Å². The van der Waals surface area contributed by atoms with Crippen LogP contribution in [0.4, 0.5) is 5.69 Å². The first-order chi connectivity index (χ1) is 12.2. The van der Waals surface area contributed by atoms with Gasteiger partial charge in [-0.3, -0.25) is 9.52 Å². The number of benzene rings is 2. The molecule has 2 N–H and O–H groups in total. The van der Waals surface area contributed by atoms with E-state index in [1.54, 1.807) is 45.0 Å². The minimum absolute atomic E-state index is 0.268. The highest BCUT2D eigenvalue weighted by atomic mass is 32.2. The molecular weight excluding hydrogens is 348 g/mol. The van der Waals surface area contributed by atoms with Crippen molar-refractivity contribution in [3.63, 3.8) is 0 Å². The Labute approximate surface area is 155 Å². The predicted octanol–water partition coefficient (Wildman–Crippen LogP) is 3.64. The van der Waals surface area contributed by atoms with E-state index in [1.807, 2.05) is 19.1 Å². The van der Waals surface area contributed by atoms with E-state index in [2.05, 4.69) is 16.6 Å². The third kappa shape index (κ3) is 4.32. The van der Waals surface area contributed by atoms with Gasteiger partial charge in [-0.05, 0) is 56.5 Å². The molecule has 0 aliphatic heterocycles. The van der Waals surface area contributed by atoms with Crippen molar-refractivity contribution in [1.82, 2.24) is 5.32 Å². The highest BCUT2D eigenvalue weighted by molar-refractivity contribution is 7.92. The number of hydrogen-bond donors (Lipinski definition) is 2. The molecule has 2 aromatic rings. The molecule has 5 nitrogen and oxygen atoms in total. The lowest BCUT2D eigenvalue weighted by molar-refractivity contribution is 0.0958. The molecular formula is C20H24N2O3S. The topological polar surface area (TPSA) is 75.3 Å². The molecule has 0 aromatic heterocycles. The van der Waals surface area contributed by atoms with Crippen molar-refractivity contribution in [2.45, 2.75) is 32.6 Å². The van der Waals surface area contributed by atoms with E-state index < -0.39 is 10.0 Å². The molecule has 0 atom stereocenters. The van der Waals surface area contributed by atoms with Crippen molar-refractivity contribution in [2.75, 3.05) is 11.3 Å². The second kappa shape index (κ2) is 7.74. The Morgan fingerprint density at radius 3 is 2.23 bits per heavy atom.